The number of hydrogen-bond donors (Lipinski definition) is 1. The van der Waals surface area contributed by atoms with E-state index in [1.165, 1.54) is 0 Å². The Hall–Kier alpha value is -1.93. The summed E-state index contributed by atoms with van der Waals surface area (Å²) >= 11 is 0. The summed E-state index contributed by atoms with van der Waals surface area (Å²) in [5.74, 6) is -0.346. The summed E-state index contributed by atoms with van der Waals surface area (Å²) in [6.45, 7) is 7.77. The number of ketones is 1. The van der Waals surface area contributed by atoms with Crippen LogP contribution in [0.5, 0.6) is 0 Å². The van der Waals surface area contributed by atoms with E-state index in [9.17, 15) is 9.90 Å². The summed E-state index contributed by atoms with van der Waals surface area (Å²) in [6.07, 6.45) is 0. The summed E-state index contributed by atoms with van der Waals surface area (Å²) in [7, 11) is 0. The first-order valence-electron chi connectivity index (χ1n) is 7.40. The lowest BCUT2D eigenvalue weighted by Gasteiger charge is -2.28. The number of hydrogen-bond acceptors (Lipinski definition) is 2. The molecular formula is C19H18O2. The zero-order valence-electron chi connectivity index (χ0n) is 12.7. The molecule has 2 atom stereocenters. The lowest BCUT2D eigenvalue weighted by Crippen LogP contribution is -2.32. The quantitative estimate of drug-likeness (QED) is 0.798. The normalized spacial score (nSPS) is 26.9. The maximum Gasteiger partial charge on any atom is 0.165 e. The van der Waals surface area contributed by atoms with Crippen LogP contribution < -0.4 is 0 Å². The summed E-state index contributed by atoms with van der Waals surface area (Å²) in [6, 6.07) is 8.33. The van der Waals surface area contributed by atoms with Gasteiger partial charge in [0.15, 0.2) is 5.78 Å². The van der Waals surface area contributed by atoms with Gasteiger partial charge in [-0.15, -0.1) is 0 Å². The van der Waals surface area contributed by atoms with Crippen molar-refractivity contribution in [1.82, 2.24) is 0 Å². The molecule has 1 N–H and O–H groups in total. The van der Waals surface area contributed by atoms with Crippen molar-refractivity contribution in [1.29, 1.82) is 0 Å². The van der Waals surface area contributed by atoms with Gasteiger partial charge in [0.05, 0.1) is 5.92 Å². The molecule has 0 bridgehead atoms. The van der Waals surface area contributed by atoms with E-state index >= 15 is 0 Å². The highest BCUT2D eigenvalue weighted by Gasteiger charge is 2.55. The number of carbonyl (C=O) groups excluding carboxylic acids is 1. The van der Waals surface area contributed by atoms with E-state index < -0.39 is 11.5 Å². The molecule has 21 heavy (non-hydrogen) atoms. The maximum atomic E-state index is 12.5. The van der Waals surface area contributed by atoms with Gasteiger partial charge in [0, 0.05) is 11.1 Å². The Kier molecular flexibility index (Phi) is 2.21. The summed E-state index contributed by atoms with van der Waals surface area (Å²) < 4.78 is 0. The number of aryl methyl sites for hydroxylation is 2. The van der Waals surface area contributed by atoms with Gasteiger partial charge in [0.25, 0.3) is 0 Å². The third-order valence-corrected chi connectivity index (χ3v) is 5.38. The molecule has 2 nitrogen and oxygen atoms in total. The second kappa shape index (κ2) is 3.63. The van der Waals surface area contributed by atoms with Gasteiger partial charge in [-0.05, 0) is 53.8 Å². The molecule has 106 valence electrons. The molecule has 2 aliphatic carbocycles. The Morgan fingerprint density at radius 2 is 1.67 bits per heavy atom. The number of aliphatic hydroxyl groups is 1. The average Bonchev–Trinajstić information content (AvgIpc) is 2.83. The molecule has 2 heteroatoms. The molecule has 0 heterocycles. The lowest BCUT2D eigenvalue weighted by molar-refractivity contribution is -0.122. The van der Waals surface area contributed by atoms with Gasteiger partial charge in [0.2, 0.25) is 0 Å². The van der Waals surface area contributed by atoms with Gasteiger partial charge in [0.1, 0.15) is 5.60 Å². The second-order valence-electron chi connectivity index (χ2n) is 6.47. The van der Waals surface area contributed by atoms with Crippen LogP contribution in [-0.2, 0) is 10.4 Å². The summed E-state index contributed by atoms with van der Waals surface area (Å²) in [4.78, 5) is 12.5. The minimum atomic E-state index is -1.15. The zero-order chi connectivity index (χ0) is 15.1. The highest BCUT2D eigenvalue weighted by atomic mass is 16.3. The van der Waals surface area contributed by atoms with Crippen LogP contribution >= 0.6 is 0 Å². The Labute approximate surface area is 124 Å². The number of allylic oxidation sites excluding steroid dienone is 1. The molecule has 0 spiro atoms. The highest BCUT2D eigenvalue weighted by molar-refractivity contribution is 6.19. The van der Waals surface area contributed by atoms with Crippen molar-refractivity contribution in [2.45, 2.75) is 33.3 Å². The average molecular weight is 278 g/mol. The van der Waals surface area contributed by atoms with Crippen molar-refractivity contribution >= 4 is 22.1 Å². The van der Waals surface area contributed by atoms with Gasteiger partial charge < -0.3 is 5.11 Å². The van der Waals surface area contributed by atoms with Crippen LogP contribution in [0.4, 0.5) is 0 Å². The fourth-order valence-corrected chi connectivity index (χ4v) is 4.30. The fourth-order valence-electron chi connectivity index (χ4n) is 4.30. The smallest absolute Gasteiger partial charge is 0.165 e. The number of benzene rings is 2. The molecule has 1 unspecified atom stereocenters. The van der Waals surface area contributed by atoms with E-state index in [1.807, 2.05) is 26.8 Å². The Morgan fingerprint density at radius 1 is 1.05 bits per heavy atom. The van der Waals surface area contributed by atoms with Crippen LogP contribution in [0.2, 0.25) is 0 Å². The standard InChI is InChI=1S/C19H18O2/c1-9-5-7-13-8-6-10(2)16-15(13)14(9)17-11(3)18(20)12(4)19(16,17)21/h5-8,12,21H,1-4H3/t12?,19-/m1/s1. The predicted molar refractivity (Wildman–Crippen MR) is 84.1 cm³/mol. The number of Topliss-reactive ketones (excluding diaryl/α,β-unsaturated/α-hetero) is 1. The van der Waals surface area contributed by atoms with Crippen LogP contribution in [0.3, 0.4) is 0 Å². The molecule has 0 amide bonds. The van der Waals surface area contributed by atoms with E-state index in [4.69, 9.17) is 0 Å². The number of fused-ring (bicyclic) bond motifs is 3. The molecular weight excluding hydrogens is 260 g/mol. The molecule has 2 aliphatic rings. The molecule has 0 aromatic heterocycles. The van der Waals surface area contributed by atoms with Crippen molar-refractivity contribution in [3.05, 3.63) is 52.1 Å². The lowest BCUT2D eigenvalue weighted by atomic mass is 9.81. The van der Waals surface area contributed by atoms with Crippen molar-refractivity contribution in [2.75, 3.05) is 0 Å². The Balaban J connectivity index is 2.30. The van der Waals surface area contributed by atoms with E-state index in [0.29, 0.717) is 0 Å². The Morgan fingerprint density at radius 3 is 2.33 bits per heavy atom. The van der Waals surface area contributed by atoms with Gasteiger partial charge in [-0.1, -0.05) is 31.2 Å². The third-order valence-electron chi connectivity index (χ3n) is 5.38. The van der Waals surface area contributed by atoms with E-state index in [0.717, 1.165) is 44.2 Å². The molecule has 0 saturated carbocycles. The molecule has 0 saturated heterocycles. The van der Waals surface area contributed by atoms with Gasteiger partial charge in [-0.3, -0.25) is 4.79 Å². The van der Waals surface area contributed by atoms with E-state index in [1.54, 1.807) is 0 Å². The van der Waals surface area contributed by atoms with Gasteiger partial charge in [-0.25, -0.2) is 0 Å². The molecule has 4 rings (SSSR count). The molecule has 2 aromatic rings. The van der Waals surface area contributed by atoms with Gasteiger partial charge in [-0.2, -0.15) is 0 Å². The van der Waals surface area contributed by atoms with Crippen LogP contribution in [0, 0.1) is 19.8 Å². The molecule has 2 aromatic carbocycles. The molecule has 0 aliphatic heterocycles. The second-order valence-corrected chi connectivity index (χ2v) is 6.47. The first-order chi connectivity index (χ1) is 9.89. The first kappa shape index (κ1) is 12.8. The van der Waals surface area contributed by atoms with E-state index in [-0.39, 0.29) is 5.78 Å². The molecule has 0 radical (unpaired) electrons. The van der Waals surface area contributed by atoms with Crippen molar-refractivity contribution < 1.29 is 9.90 Å². The predicted octanol–water partition coefficient (Wildman–Crippen LogP) is 3.65. The van der Waals surface area contributed by atoms with Crippen LogP contribution in [0.25, 0.3) is 16.3 Å². The van der Waals surface area contributed by atoms with Crippen molar-refractivity contribution in [3.63, 3.8) is 0 Å². The maximum absolute atomic E-state index is 12.5. The summed E-state index contributed by atoms with van der Waals surface area (Å²) in [5, 5.41) is 13.8. The Bertz CT molecular complexity index is 868. The van der Waals surface area contributed by atoms with Crippen molar-refractivity contribution in [3.8, 4) is 0 Å². The highest BCUT2D eigenvalue weighted by Crippen LogP contribution is 2.59. The SMILES string of the molecule is CC1=C2c3c(C)ccc4ccc(C)c(c34)[C@]2(O)C(C)C1=O. The van der Waals surface area contributed by atoms with Crippen LogP contribution in [-0.4, -0.2) is 10.9 Å². The van der Waals surface area contributed by atoms with Crippen molar-refractivity contribution in [2.24, 2.45) is 5.92 Å². The zero-order valence-corrected chi connectivity index (χ0v) is 12.7. The largest absolute Gasteiger partial charge is 0.380 e. The van der Waals surface area contributed by atoms with Crippen LogP contribution in [0.1, 0.15) is 36.1 Å². The van der Waals surface area contributed by atoms with E-state index in [2.05, 4.69) is 25.1 Å². The monoisotopic (exact) mass is 278 g/mol. The minimum Gasteiger partial charge on any atom is -0.380 e. The topological polar surface area (TPSA) is 37.3 Å². The van der Waals surface area contributed by atoms with Gasteiger partial charge >= 0.3 is 0 Å². The first-order valence-corrected chi connectivity index (χ1v) is 7.40. The third kappa shape index (κ3) is 1.21. The molecule has 0 fully saturated rings. The van der Waals surface area contributed by atoms with Crippen LogP contribution in [0.15, 0.2) is 29.8 Å². The fraction of sp³-hybridized carbons (Fsp3) is 0.316. The minimum absolute atomic E-state index is 0.0674. The number of carbonyl (C=O) groups is 1. The summed E-state index contributed by atoms with van der Waals surface area (Å²) in [5.41, 5.74) is 4.60. The number of rotatable bonds is 0.